The van der Waals surface area contributed by atoms with Crippen LogP contribution in [0.15, 0.2) is 18.3 Å². The number of amides is 1. The molecule has 2 heterocycles. The molecule has 1 aromatic heterocycles. The van der Waals surface area contributed by atoms with Gasteiger partial charge in [-0.15, -0.1) is 0 Å². The van der Waals surface area contributed by atoms with E-state index in [1.165, 1.54) is 4.90 Å². The van der Waals surface area contributed by atoms with Gasteiger partial charge in [-0.2, -0.15) is 0 Å². The third-order valence-electron chi connectivity index (χ3n) is 2.98. The van der Waals surface area contributed by atoms with Gasteiger partial charge in [0.15, 0.2) is 0 Å². The lowest BCUT2D eigenvalue weighted by Gasteiger charge is -2.34. The van der Waals surface area contributed by atoms with Gasteiger partial charge in [-0.25, -0.2) is 9.78 Å². The number of nitrogens with zero attached hydrogens (tertiary/aromatic N) is 2. The van der Waals surface area contributed by atoms with E-state index in [1.54, 1.807) is 6.20 Å². The summed E-state index contributed by atoms with van der Waals surface area (Å²) in [7, 11) is 0. The molecule has 1 aromatic rings. The van der Waals surface area contributed by atoms with Crippen LogP contribution in [0.25, 0.3) is 0 Å². The fourth-order valence-corrected chi connectivity index (χ4v) is 2.10. The maximum absolute atomic E-state index is 11.1. The van der Waals surface area contributed by atoms with Crippen LogP contribution in [0.5, 0.6) is 0 Å². The van der Waals surface area contributed by atoms with Gasteiger partial charge < -0.3 is 10.4 Å². The van der Waals surface area contributed by atoms with Crippen molar-refractivity contribution >= 4 is 11.9 Å². The summed E-state index contributed by atoms with van der Waals surface area (Å²) in [6.45, 7) is 2.58. The first-order valence-corrected chi connectivity index (χ1v) is 5.85. The van der Waals surface area contributed by atoms with Crippen LogP contribution >= 0.6 is 0 Å². The number of anilines is 1. The van der Waals surface area contributed by atoms with E-state index >= 15 is 0 Å². The Morgan fingerprint density at radius 1 is 1.59 bits per heavy atom. The van der Waals surface area contributed by atoms with E-state index in [2.05, 4.69) is 10.3 Å². The first-order chi connectivity index (χ1) is 8.16. The van der Waals surface area contributed by atoms with Crippen molar-refractivity contribution < 1.29 is 9.90 Å². The summed E-state index contributed by atoms with van der Waals surface area (Å²) >= 11 is 0. The molecule has 0 radical (unpaired) electrons. The van der Waals surface area contributed by atoms with Gasteiger partial charge in [-0.1, -0.05) is 0 Å². The molecular formula is C12H17N3O2. The molecule has 92 valence electrons. The third-order valence-corrected chi connectivity index (χ3v) is 2.98. The predicted octanol–water partition coefficient (Wildman–Crippen LogP) is 2.29. The van der Waals surface area contributed by atoms with E-state index < -0.39 is 6.09 Å². The number of rotatable bonds is 2. The van der Waals surface area contributed by atoms with Crippen molar-refractivity contribution in [3.8, 4) is 0 Å². The molecule has 5 nitrogen and oxygen atoms in total. The predicted molar refractivity (Wildman–Crippen MR) is 65.0 cm³/mol. The summed E-state index contributed by atoms with van der Waals surface area (Å²) < 4.78 is 0. The summed E-state index contributed by atoms with van der Waals surface area (Å²) in [4.78, 5) is 16.7. The van der Waals surface area contributed by atoms with E-state index in [4.69, 9.17) is 5.11 Å². The van der Waals surface area contributed by atoms with Crippen LogP contribution in [0.1, 0.15) is 24.8 Å². The maximum atomic E-state index is 11.1. The van der Waals surface area contributed by atoms with E-state index in [9.17, 15) is 4.79 Å². The van der Waals surface area contributed by atoms with Crippen molar-refractivity contribution in [3.63, 3.8) is 0 Å². The second kappa shape index (κ2) is 5.03. The quantitative estimate of drug-likeness (QED) is 0.825. The number of hydrogen-bond acceptors (Lipinski definition) is 3. The van der Waals surface area contributed by atoms with Crippen LogP contribution in [0, 0.1) is 6.92 Å². The van der Waals surface area contributed by atoms with Gasteiger partial charge in [0, 0.05) is 12.7 Å². The highest BCUT2D eigenvalue weighted by atomic mass is 16.4. The van der Waals surface area contributed by atoms with Gasteiger partial charge in [-0.05, 0) is 43.9 Å². The number of likely N-dealkylation sites (tertiary alicyclic amines) is 1. The molecular weight excluding hydrogens is 218 g/mol. The van der Waals surface area contributed by atoms with Gasteiger partial charge in [0.2, 0.25) is 0 Å². The lowest BCUT2D eigenvalue weighted by molar-refractivity contribution is 0.114. The standard InChI is InChI=1S/C12H17N3O2/c1-9-5-6-13-10(8-9)14-11-4-2-3-7-15(11)12(16)17/h5-6,8,11H,2-4,7H2,1H3,(H,13,14)(H,16,17). The summed E-state index contributed by atoms with van der Waals surface area (Å²) in [5.74, 6) is 0.739. The summed E-state index contributed by atoms with van der Waals surface area (Å²) in [5.41, 5.74) is 1.11. The molecule has 5 heteroatoms. The minimum atomic E-state index is -0.866. The summed E-state index contributed by atoms with van der Waals surface area (Å²) in [5, 5.41) is 12.3. The van der Waals surface area contributed by atoms with Crippen LogP contribution in [-0.2, 0) is 0 Å². The first-order valence-electron chi connectivity index (χ1n) is 5.85. The number of pyridine rings is 1. The minimum absolute atomic E-state index is 0.157. The van der Waals surface area contributed by atoms with Crippen molar-refractivity contribution in [1.82, 2.24) is 9.88 Å². The van der Waals surface area contributed by atoms with Gasteiger partial charge in [0.05, 0.1) is 0 Å². The Morgan fingerprint density at radius 3 is 3.12 bits per heavy atom. The lowest BCUT2D eigenvalue weighted by atomic mass is 10.1. The Kier molecular flexibility index (Phi) is 3.46. The van der Waals surface area contributed by atoms with Crippen molar-refractivity contribution in [3.05, 3.63) is 23.9 Å². The largest absolute Gasteiger partial charge is 0.465 e. The third kappa shape index (κ3) is 2.87. The highest BCUT2D eigenvalue weighted by Crippen LogP contribution is 2.19. The second-order valence-corrected chi connectivity index (χ2v) is 4.35. The van der Waals surface area contributed by atoms with Crippen LogP contribution < -0.4 is 5.32 Å². The molecule has 0 bridgehead atoms. The first kappa shape index (κ1) is 11.7. The molecule has 2 rings (SSSR count). The molecule has 1 aliphatic rings. The molecule has 2 N–H and O–H groups in total. The van der Waals surface area contributed by atoms with E-state index in [-0.39, 0.29) is 6.17 Å². The van der Waals surface area contributed by atoms with Crippen LogP contribution in [0.4, 0.5) is 10.6 Å². The fraction of sp³-hybridized carbons (Fsp3) is 0.500. The zero-order valence-corrected chi connectivity index (χ0v) is 9.89. The smallest absolute Gasteiger partial charge is 0.408 e. The average Bonchev–Trinajstić information content (AvgIpc) is 2.29. The molecule has 17 heavy (non-hydrogen) atoms. The summed E-state index contributed by atoms with van der Waals surface area (Å²) in [6, 6.07) is 3.84. The topological polar surface area (TPSA) is 65.5 Å². The SMILES string of the molecule is Cc1ccnc(NC2CCCCN2C(=O)O)c1. The molecule has 1 fully saturated rings. The molecule has 0 saturated carbocycles. The number of carboxylic acid groups (broad SMARTS) is 1. The van der Waals surface area contributed by atoms with E-state index in [0.717, 1.165) is 30.6 Å². The van der Waals surface area contributed by atoms with Crippen LogP contribution in [0.2, 0.25) is 0 Å². The number of aromatic nitrogens is 1. The Bertz CT molecular complexity index is 408. The maximum Gasteiger partial charge on any atom is 0.408 e. The van der Waals surface area contributed by atoms with Crippen molar-refractivity contribution in [2.45, 2.75) is 32.4 Å². The van der Waals surface area contributed by atoms with Gasteiger partial charge in [0.25, 0.3) is 0 Å². The number of hydrogen-bond donors (Lipinski definition) is 2. The van der Waals surface area contributed by atoms with E-state index in [0.29, 0.717) is 6.54 Å². The Balaban J connectivity index is 2.08. The van der Waals surface area contributed by atoms with Crippen molar-refractivity contribution in [2.24, 2.45) is 0 Å². The number of nitrogens with one attached hydrogen (secondary N) is 1. The Hall–Kier alpha value is -1.78. The van der Waals surface area contributed by atoms with Gasteiger partial charge in [0.1, 0.15) is 12.0 Å². The molecule has 0 spiro atoms. The van der Waals surface area contributed by atoms with Crippen molar-refractivity contribution in [1.29, 1.82) is 0 Å². The molecule has 1 amide bonds. The highest BCUT2D eigenvalue weighted by Gasteiger charge is 2.26. The normalized spacial score (nSPS) is 20.1. The second-order valence-electron chi connectivity index (χ2n) is 4.35. The number of piperidine rings is 1. The molecule has 0 aliphatic carbocycles. The van der Waals surface area contributed by atoms with E-state index in [1.807, 2.05) is 19.1 Å². The minimum Gasteiger partial charge on any atom is -0.465 e. The Labute approximate surface area is 100 Å². The van der Waals surface area contributed by atoms with Gasteiger partial charge in [-0.3, -0.25) is 4.90 Å². The van der Waals surface area contributed by atoms with Crippen molar-refractivity contribution in [2.75, 3.05) is 11.9 Å². The monoisotopic (exact) mass is 235 g/mol. The van der Waals surface area contributed by atoms with Crippen LogP contribution in [-0.4, -0.2) is 33.8 Å². The number of aryl methyl sites for hydroxylation is 1. The molecule has 1 unspecified atom stereocenters. The molecule has 1 saturated heterocycles. The zero-order valence-electron chi connectivity index (χ0n) is 9.89. The molecule has 0 aromatic carbocycles. The zero-order chi connectivity index (χ0) is 12.3. The average molecular weight is 235 g/mol. The fourth-order valence-electron chi connectivity index (χ4n) is 2.10. The molecule has 1 atom stereocenters. The Morgan fingerprint density at radius 2 is 2.41 bits per heavy atom. The van der Waals surface area contributed by atoms with Crippen LogP contribution in [0.3, 0.4) is 0 Å². The lowest BCUT2D eigenvalue weighted by Crippen LogP contribution is -2.47. The summed E-state index contributed by atoms with van der Waals surface area (Å²) in [6.07, 6.45) is 3.53. The van der Waals surface area contributed by atoms with Gasteiger partial charge >= 0.3 is 6.09 Å². The highest BCUT2D eigenvalue weighted by molar-refractivity contribution is 5.66. The molecule has 1 aliphatic heterocycles. The number of carbonyl (C=O) groups is 1.